The Morgan fingerprint density at radius 1 is 1.19 bits per heavy atom. The number of hydrazine groups is 1. The van der Waals surface area contributed by atoms with Crippen LogP contribution in [0.1, 0.15) is 23.3 Å². The number of hydrogen-bond donors (Lipinski definition) is 2. The van der Waals surface area contributed by atoms with Crippen molar-refractivity contribution in [2.45, 2.75) is 31.8 Å². The predicted molar refractivity (Wildman–Crippen MR) is 113 cm³/mol. The second-order valence-corrected chi connectivity index (χ2v) is 9.21. The summed E-state index contributed by atoms with van der Waals surface area (Å²) in [7, 11) is 4.12. The van der Waals surface area contributed by atoms with Crippen LogP contribution in [0.2, 0.25) is 0 Å². The molecule has 2 aliphatic heterocycles. The molecule has 2 saturated heterocycles. The number of rotatable bonds is 6. The van der Waals surface area contributed by atoms with Crippen LogP contribution in [0, 0.1) is 11.8 Å². The maximum Gasteiger partial charge on any atom is 0.185 e. The minimum absolute atomic E-state index is 0.594. The first-order valence-corrected chi connectivity index (χ1v) is 10.9. The van der Waals surface area contributed by atoms with Crippen LogP contribution in [-0.2, 0) is 13.0 Å². The maximum atomic E-state index is 4.51. The molecular formula is C21H31N5S. The molecule has 6 heteroatoms. The summed E-state index contributed by atoms with van der Waals surface area (Å²) in [5, 5.41) is 1.10. The van der Waals surface area contributed by atoms with Crippen molar-refractivity contribution in [3.63, 3.8) is 0 Å². The summed E-state index contributed by atoms with van der Waals surface area (Å²) in [5.74, 6) is 1.46. The summed E-state index contributed by atoms with van der Waals surface area (Å²) in [5.41, 5.74) is 8.48. The van der Waals surface area contributed by atoms with Crippen LogP contribution < -0.4 is 15.8 Å². The second kappa shape index (κ2) is 8.69. The first kappa shape index (κ1) is 18.9. The number of aromatic nitrogens is 1. The molecule has 2 N–H and O–H groups in total. The van der Waals surface area contributed by atoms with Crippen molar-refractivity contribution in [2.24, 2.45) is 11.8 Å². The molecule has 5 nitrogen and oxygen atoms in total. The van der Waals surface area contributed by atoms with Crippen LogP contribution in [0.15, 0.2) is 36.5 Å². The van der Waals surface area contributed by atoms with Gasteiger partial charge in [0, 0.05) is 44.3 Å². The molecule has 0 spiro atoms. The van der Waals surface area contributed by atoms with E-state index in [-0.39, 0.29) is 0 Å². The zero-order chi connectivity index (χ0) is 18.6. The van der Waals surface area contributed by atoms with E-state index in [1.165, 1.54) is 42.8 Å². The van der Waals surface area contributed by atoms with Gasteiger partial charge in [-0.15, -0.1) is 11.3 Å². The van der Waals surface area contributed by atoms with E-state index in [4.69, 9.17) is 0 Å². The third-order valence-electron chi connectivity index (χ3n) is 5.93. The lowest BCUT2D eigenvalue weighted by Crippen LogP contribution is -2.44. The summed E-state index contributed by atoms with van der Waals surface area (Å²) in [6.07, 6.45) is 5.78. The van der Waals surface area contributed by atoms with Gasteiger partial charge in [0.15, 0.2) is 5.13 Å². The summed E-state index contributed by atoms with van der Waals surface area (Å²) in [6, 6.07) is 11.5. The molecule has 4 rings (SSSR count). The summed E-state index contributed by atoms with van der Waals surface area (Å²) >= 11 is 1.81. The van der Waals surface area contributed by atoms with Gasteiger partial charge in [0.05, 0.1) is 0 Å². The lowest BCUT2D eigenvalue weighted by molar-refractivity contribution is 0.145. The molecule has 0 amide bonds. The Kier molecular flexibility index (Phi) is 6.08. The highest BCUT2D eigenvalue weighted by atomic mass is 32.1. The van der Waals surface area contributed by atoms with E-state index in [9.17, 15) is 0 Å². The molecule has 2 atom stereocenters. The number of likely N-dealkylation sites (tertiary alicyclic amines) is 1. The van der Waals surface area contributed by atoms with E-state index in [2.05, 4.69) is 70.1 Å². The Hall–Kier alpha value is -1.47. The first-order valence-electron chi connectivity index (χ1n) is 10.1. The number of nitrogens with zero attached hydrogens (tertiary/aromatic N) is 3. The molecule has 0 saturated carbocycles. The van der Waals surface area contributed by atoms with E-state index in [1.807, 2.05) is 17.5 Å². The van der Waals surface area contributed by atoms with Crippen molar-refractivity contribution < 1.29 is 0 Å². The van der Waals surface area contributed by atoms with Gasteiger partial charge in [-0.25, -0.2) is 4.98 Å². The molecule has 2 fully saturated rings. The highest BCUT2D eigenvalue weighted by molar-refractivity contribution is 7.15. The topological polar surface area (TPSA) is 43.4 Å². The van der Waals surface area contributed by atoms with E-state index >= 15 is 0 Å². The van der Waals surface area contributed by atoms with Crippen molar-refractivity contribution in [2.75, 3.05) is 38.6 Å². The molecule has 2 aromatic rings. The number of thiazole rings is 1. The van der Waals surface area contributed by atoms with Crippen molar-refractivity contribution in [1.29, 1.82) is 0 Å². The Balaban J connectivity index is 1.29. The number of anilines is 1. The summed E-state index contributed by atoms with van der Waals surface area (Å²) in [6.45, 7) is 4.50. The van der Waals surface area contributed by atoms with Crippen molar-refractivity contribution in [3.05, 3.63) is 47.0 Å². The first-order chi connectivity index (χ1) is 13.2. The van der Waals surface area contributed by atoms with Gasteiger partial charge in [-0.3, -0.25) is 15.8 Å². The van der Waals surface area contributed by atoms with Crippen LogP contribution in [0.5, 0.6) is 0 Å². The Morgan fingerprint density at radius 2 is 1.96 bits per heavy atom. The van der Waals surface area contributed by atoms with Crippen molar-refractivity contribution >= 4 is 16.5 Å². The molecule has 2 aliphatic rings. The standard InChI is InChI=1S/C21H31N5S/c1-25(2)21-22-14-19(27-21)15-26-10-8-17(9-11-26)20-18(13-23-24-20)12-16-6-4-3-5-7-16/h3-7,14,17-18,20,23-24H,8-13,15H2,1-2H3. The Morgan fingerprint density at radius 3 is 2.67 bits per heavy atom. The zero-order valence-electron chi connectivity index (χ0n) is 16.4. The van der Waals surface area contributed by atoms with Crippen LogP contribution >= 0.6 is 11.3 Å². The normalized spacial score (nSPS) is 24.4. The van der Waals surface area contributed by atoms with Gasteiger partial charge in [0.1, 0.15) is 0 Å². The summed E-state index contributed by atoms with van der Waals surface area (Å²) in [4.78, 5) is 10.6. The smallest absolute Gasteiger partial charge is 0.185 e. The van der Waals surface area contributed by atoms with E-state index < -0.39 is 0 Å². The number of hydrogen-bond acceptors (Lipinski definition) is 6. The van der Waals surface area contributed by atoms with E-state index in [1.54, 1.807) is 0 Å². The Labute approximate surface area is 166 Å². The van der Waals surface area contributed by atoms with Crippen LogP contribution in [0.3, 0.4) is 0 Å². The van der Waals surface area contributed by atoms with E-state index in [0.717, 1.165) is 24.1 Å². The molecule has 1 aromatic carbocycles. The van der Waals surface area contributed by atoms with Gasteiger partial charge in [0.25, 0.3) is 0 Å². The van der Waals surface area contributed by atoms with Crippen molar-refractivity contribution in [3.8, 4) is 0 Å². The minimum Gasteiger partial charge on any atom is -0.354 e. The van der Waals surface area contributed by atoms with Crippen LogP contribution in [0.4, 0.5) is 5.13 Å². The fourth-order valence-electron chi connectivity index (χ4n) is 4.44. The average Bonchev–Trinajstić information content (AvgIpc) is 3.33. The fourth-order valence-corrected chi connectivity index (χ4v) is 5.31. The van der Waals surface area contributed by atoms with Gasteiger partial charge in [-0.1, -0.05) is 30.3 Å². The fraction of sp³-hybridized carbons (Fsp3) is 0.571. The quantitative estimate of drug-likeness (QED) is 0.800. The number of nitrogens with one attached hydrogen (secondary N) is 2. The van der Waals surface area contributed by atoms with Gasteiger partial charge in [-0.2, -0.15) is 0 Å². The third kappa shape index (κ3) is 4.69. The van der Waals surface area contributed by atoms with Gasteiger partial charge < -0.3 is 4.90 Å². The highest BCUT2D eigenvalue weighted by Crippen LogP contribution is 2.30. The molecule has 0 aliphatic carbocycles. The summed E-state index contributed by atoms with van der Waals surface area (Å²) < 4.78 is 0. The maximum absolute atomic E-state index is 4.51. The molecule has 1 aromatic heterocycles. The lowest BCUT2D eigenvalue weighted by Gasteiger charge is -2.36. The van der Waals surface area contributed by atoms with Gasteiger partial charge in [-0.05, 0) is 49.8 Å². The number of benzene rings is 1. The highest BCUT2D eigenvalue weighted by Gasteiger charge is 2.35. The Bertz CT molecular complexity index is 708. The minimum atomic E-state index is 0.594. The predicted octanol–water partition coefficient (Wildman–Crippen LogP) is 2.76. The van der Waals surface area contributed by atoms with Crippen LogP contribution in [-0.4, -0.2) is 49.7 Å². The number of piperidine rings is 1. The van der Waals surface area contributed by atoms with Gasteiger partial charge in [0.2, 0.25) is 0 Å². The molecule has 2 unspecified atom stereocenters. The molecule has 3 heterocycles. The average molecular weight is 386 g/mol. The van der Waals surface area contributed by atoms with Crippen LogP contribution in [0.25, 0.3) is 0 Å². The van der Waals surface area contributed by atoms with Gasteiger partial charge >= 0.3 is 0 Å². The lowest BCUT2D eigenvalue weighted by atomic mass is 9.81. The monoisotopic (exact) mass is 385 g/mol. The molecule has 0 radical (unpaired) electrons. The molecule has 0 bridgehead atoms. The molecule has 146 valence electrons. The SMILES string of the molecule is CN(C)c1ncc(CN2CCC(C3NNCC3Cc3ccccc3)CC2)s1. The second-order valence-electron chi connectivity index (χ2n) is 8.12. The zero-order valence-corrected chi connectivity index (χ0v) is 17.2. The van der Waals surface area contributed by atoms with E-state index in [0.29, 0.717) is 12.0 Å². The largest absolute Gasteiger partial charge is 0.354 e. The van der Waals surface area contributed by atoms with Crippen molar-refractivity contribution in [1.82, 2.24) is 20.7 Å². The molecular weight excluding hydrogens is 354 g/mol. The molecule has 27 heavy (non-hydrogen) atoms. The third-order valence-corrected chi connectivity index (χ3v) is 7.07.